The van der Waals surface area contributed by atoms with Crippen molar-refractivity contribution in [2.45, 2.75) is 77.0 Å². The summed E-state index contributed by atoms with van der Waals surface area (Å²) in [5, 5.41) is 0. The second-order valence-corrected chi connectivity index (χ2v) is 11.4. The van der Waals surface area contributed by atoms with Crippen LogP contribution in [0.3, 0.4) is 0 Å². The Kier molecular flexibility index (Phi) is 10.1. The van der Waals surface area contributed by atoms with Crippen molar-refractivity contribution in [1.29, 1.82) is 0 Å². The number of unbranched alkanes of at least 4 members (excludes halogenated alkanes) is 1. The van der Waals surface area contributed by atoms with E-state index in [9.17, 15) is 17.6 Å². The highest BCUT2D eigenvalue weighted by Gasteiger charge is 2.28. The van der Waals surface area contributed by atoms with Crippen molar-refractivity contribution < 1.29 is 35.8 Å². The van der Waals surface area contributed by atoms with Crippen molar-refractivity contribution in [3.05, 3.63) is 106 Å². The van der Waals surface area contributed by atoms with Gasteiger partial charge in [-0.25, -0.2) is 17.6 Å². The highest BCUT2D eigenvalue weighted by atomic mass is 19.2. The molecule has 0 N–H and O–H groups in total. The summed E-state index contributed by atoms with van der Waals surface area (Å²) in [5.41, 5.74) is 2.05. The molecule has 0 radical (unpaired) electrons. The van der Waals surface area contributed by atoms with E-state index in [1.165, 1.54) is 24.3 Å². The summed E-state index contributed by atoms with van der Waals surface area (Å²) in [6, 6.07) is 9.04. The molecule has 3 aromatic carbocycles. The van der Waals surface area contributed by atoms with Gasteiger partial charge in [-0.15, -0.1) is 0 Å². The Morgan fingerprint density at radius 1 is 0.591 bits per heavy atom. The van der Waals surface area contributed by atoms with Crippen molar-refractivity contribution in [2.75, 3.05) is 13.2 Å². The van der Waals surface area contributed by atoms with E-state index in [1.807, 2.05) is 6.92 Å². The third-order valence-corrected chi connectivity index (χ3v) is 8.68. The summed E-state index contributed by atoms with van der Waals surface area (Å²) in [6.07, 6.45) is 7.54. The number of benzene rings is 3. The van der Waals surface area contributed by atoms with E-state index in [2.05, 4.69) is 0 Å². The molecule has 0 spiro atoms. The first-order chi connectivity index (χ1) is 21.2. The largest absolute Gasteiger partial charge is 0.491 e. The second kappa shape index (κ2) is 14.0. The van der Waals surface area contributed by atoms with Crippen LogP contribution in [0.2, 0.25) is 0 Å². The monoisotopic (exact) mass is 614 g/mol. The topological polar surface area (TPSA) is 18.5 Å². The Morgan fingerprint density at radius 3 is 1.61 bits per heavy atom. The van der Waals surface area contributed by atoms with Gasteiger partial charge in [0.1, 0.15) is 0 Å². The van der Waals surface area contributed by atoms with Gasteiger partial charge in [-0.1, -0.05) is 43.7 Å². The van der Waals surface area contributed by atoms with Crippen LogP contribution in [-0.4, -0.2) is 13.2 Å². The molecule has 0 saturated heterocycles. The Labute approximate surface area is 254 Å². The Morgan fingerprint density at radius 2 is 1.07 bits per heavy atom. The van der Waals surface area contributed by atoms with E-state index in [0.29, 0.717) is 56.3 Å². The summed E-state index contributed by atoms with van der Waals surface area (Å²) >= 11 is 0. The second-order valence-electron chi connectivity index (χ2n) is 11.4. The molecule has 5 rings (SSSR count). The molecule has 0 saturated carbocycles. The lowest BCUT2D eigenvalue weighted by molar-refractivity contribution is 0.288. The molecule has 2 atom stereocenters. The van der Waals surface area contributed by atoms with Crippen LogP contribution in [0.25, 0.3) is 11.1 Å². The first-order valence-corrected chi connectivity index (χ1v) is 15.3. The summed E-state index contributed by atoms with van der Waals surface area (Å²) in [4.78, 5) is 0. The molecular formula is C36H36F6O2. The van der Waals surface area contributed by atoms with Gasteiger partial charge in [0.25, 0.3) is 0 Å². The summed E-state index contributed by atoms with van der Waals surface area (Å²) < 4.78 is 99.8. The Bertz CT molecular complexity index is 1580. The normalized spacial score (nSPS) is 18.5. The van der Waals surface area contributed by atoms with Crippen LogP contribution in [0.4, 0.5) is 26.3 Å². The number of hydrogen-bond donors (Lipinski definition) is 0. The average molecular weight is 615 g/mol. The number of ether oxygens (including phenoxy) is 2. The number of rotatable bonds is 10. The van der Waals surface area contributed by atoms with Crippen LogP contribution < -0.4 is 9.47 Å². The molecule has 0 bridgehead atoms. The lowest BCUT2D eigenvalue weighted by Crippen LogP contribution is -2.11. The minimum atomic E-state index is -1.02. The number of allylic oxidation sites excluding steroid dienone is 4. The fourth-order valence-corrected chi connectivity index (χ4v) is 6.20. The molecule has 8 heteroatoms. The number of halogens is 6. The van der Waals surface area contributed by atoms with Gasteiger partial charge in [0.05, 0.1) is 13.2 Å². The molecule has 44 heavy (non-hydrogen) atoms. The highest BCUT2D eigenvalue weighted by Crippen LogP contribution is 2.42. The molecule has 0 amide bonds. The fraction of sp³-hybridized carbons (Fsp3) is 0.389. The van der Waals surface area contributed by atoms with E-state index in [1.54, 1.807) is 31.2 Å². The summed E-state index contributed by atoms with van der Waals surface area (Å²) in [5.74, 6) is -6.66. The van der Waals surface area contributed by atoms with Gasteiger partial charge >= 0.3 is 0 Å². The molecule has 0 aliphatic heterocycles. The van der Waals surface area contributed by atoms with Crippen molar-refractivity contribution in [2.24, 2.45) is 0 Å². The predicted molar refractivity (Wildman–Crippen MR) is 160 cm³/mol. The van der Waals surface area contributed by atoms with Crippen LogP contribution >= 0.6 is 0 Å². The van der Waals surface area contributed by atoms with E-state index < -0.39 is 34.9 Å². The molecule has 234 valence electrons. The van der Waals surface area contributed by atoms with Gasteiger partial charge in [0.2, 0.25) is 11.6 Å². The molecule has 2 unspecified atom stereocenters. The van der Waals surface area contributed by atoms with Crippen molar-refractivity contribution >= 4 is 11.1 Å². The summed E-state index contributed by atoms with van der Waals surface area (Å²) in [6.45, 7) is 4.19. The molecule has 2 aliphatic rings. The third kappa shape index (κ3) is 6.40. The van der Waals surface area contributed by atoms with Gasteiger partial charge in [-0.05, 0) is 104 Å². The molecule has 0 aromatic heterocycles. The molecule has 0 fully saturated rings. The maximum atomic E-state index is 15.4. The molecular weight excluding hydrogens is 578 g/mol. The first-order valence-electron chi connectivity index (χ1n) is 15.3. The highest BCUT2D eigenvalue weighted by molar-refractivity contribution is 5.69. The van der Waals surface area contributed by atoms with E-state index in [0.717, 1.165) is 12.8 Å². The zero-order valence-corrected chi connectivity index (χ0v) is 24.9. The van der Waals surface area contributed by atoms with E-state index >= 15 is 8.78 Å². The SMILES string of the molecule is CCCCOc1ccc(C2=CCC(c3ccc(C4=CCC(c5ccc(OCC)c(F)c5F)CC4)c(F)c3F)CC2)c(F)c1F. The lowest BCUT2D eigenvalue weighted by Gasteiger charge is -2.26. The Balaban J connectivity index is 1.28. The van der Waals surface area contributed by atoms with Crippen molar-refractivity contribution in [3.8, 4) is 11.5 Å². The maximum absolute atomic E-state index is 15.4. The smallest absolute Gasteiger partial charge is 0.201 e. The minimum absolute atomic E-state index is 0.118. The molecule has 2 aliphatic carbocycles. The van der Waals surface area contributed by atoms with E-state index in [-0.39, 0.29) is 52.2 Å². The lowest BCUT2D eigenvalue weighted by atomic mass is 9.80. The molecule has 0 heterocycles. The first kappa shape index (κ1) is 31.7. The summed E-state index contributed by atoms with van der Waals surface area (Å²) in [7, 11) is 0. The zero-order valence-electron chi connectivity index (χ0n) is 24.9. The van der Waals surface area contributed by atoms with Crippen LogP contribution in [-0.2, 0) is 0 Å². The van der Waals surface area contributed by atoms with Crippen LogP contribution in [0.15, 0.2) is 48.6 Å². The fourth-order valence-electron chi connectivity index (χ4n) is 6.20. The van der Waals surface area contributed by atoms with Crippen LogP contribution in [0, 0.1) is 34.9 Å². The standard InChI is InChI=1S/C36H36F6O2/c1-3-5-20-44-30-19-17-28(34(40)36(30)42)24-12-8-22(9-13-24)26-15-14-25(31(37)32(26)38)21-6-10-23(11-7-21)27-16-18-29(43-4-2)35(41)33(27)39/h6,12,14-19,22-23H,3-5,7-11,13,20H2,1-2H3. The van der Waals surface area contributed by atoms with Gasteiger partial charge in [0, 0.05) is 11.1 Å². The Hall–Kier alpha value is -3.68. The van der Waals surface area contributed by atoms with Crippen LogP contribution in [0.5, 0.6) is 11.5 Å². The minimum Gasteiger partial charge on any atom is -0.491 e. The molecule has 2 nitrogen and oxygen atoms in total. The molecule has 3 aromatic rings. The predicted octanol–water partition coefficient (Wildman–Crippen LogP) is 10.8. The zero-order chi connectivity index (χ0) is 31.4. The number of hydrogen-bond acceptors (Lipinski definition) is 2. The van der Waals surface area contributed by atoms with Crippen molar-refractivity contribution in [1.82, 2.24) is 0 Å². The third-order valence-electron chi connectivity index (χ3n) is 8.68. The van der Waals surface area contributed by atoms with Crippen molar-refractivity contribution in [3.63, 3.8) is 0 Å². The van der Waals surface area contributed by atoms with Crippen LogP contribution in [0.1, 0.15) is 99.3 Å². The van der Waals surface area contributed by atoms with Gasteiger partial charge in [-0.2, -0.15) is 8.78 Å². The average Bonchev–Trinajstić information content (AvgIpc) is 3.03. The maximum Gasteiger partial charge on any atom is 0.201 e. The van der Waals surface area contributed by atoms with E-state index in [4.69, 9.17) is 9.47 Å². The quantitative estimate of drug-likeness (QED) is 0.167. The van der Waals surface area contributed by atoms with Gasteiger partial charge < -0.3 is 9.47 Å². The van der Waals surface area contributed by atoms with Gasteiger partial charge in [-0.3, -0.25) is 0 Å². The van der Waals surface area contributed by atoms with Gasteiger partial charge in [0.15, 0.2) is 34.8 Å².